The van der Waals surface area contributed by atoms with Gasteiger partial charge in [0.2, 0.25) is 0 Å². The Kier molecular flexibility index (Phi) is 4.66. The van der Waals surface area contributed by atoms with E-state index in [1.165, 1.54) is 23.5 Å². The second kappa shape index (κ2) is 6.79. The van der Waals surface area contributed by atoms with Crippen molar-refractivity contribution in [3.05, 3.63) is 56.0 Å². The molecule has 3 aliphatic rings. The summed E-state index contributed by atoms with van der Waals surface area (Å²) in [6.07, 6.45) is 3.57. The van der Waals surface area contributed by atoms with Gasteiger partial charge in [-0.05, 0) is 36.9 Å². The van der Waals surface area contributed by atoms with Gasteiger partial charge >= 0.3 is 5.91 Å². The second-order valence-corrected chi connectivity index (χ2v) is 8.78. The summed E-state index contributed by atoms with van der Waals surface area (Å²) in [6, 6.07) is 5.80. The number of ether oxygens (including phenoxy) is 1. The van der Waals surface area contributed by atoms with Gasteiger partial charge in [-0.3, -0.25) is 0 Å². The van der Waals surface area contributed by atoms with Gasteiger partial charge in [-0.15, -0.1) is 0 Å². The lowest BCUT2D eigenvalue weighted by atomic mass is 10.3. The smallest absolute Gasteiger partial charge is 0.430 e. The van der Waals surface area contributed by atoms with E-state index >= 15 is 0 Å². The average molecular weight is 410 g/mol. The fourth-order valence-corrected chi connectivity index (χ4v) is 6.02. The third kappa shape index (κ3) is 3.03. The molecule has 128 valence electrons. The van der Waals surface area contributed by atoms with Crippen LogP contribution >= 0.6 is 46.9 Å². The fraction of sp³-hybridized carbons (Fsp3) is 0.176. The van der Waals surface area contributed by atoms with Crippen LogP contribution in [0.25, 0.3) is 0 Å². The Hall–Kier alpha value is -1.28. The van der Waals surface area contributed by atoms with E-state index in [0.29, 0.717) is 11.6 Å². The molecule has 0 saturated heterocycles. The Morgan fingerprint density at radius 2 is 2.20 bits per heavy atom. The van der Waals surface area contributed by atoms with E-state index in [4.69, 9.17) is 16.3 Å². The number of hydrogen-bond acceptors (Lipinski definition) is 6. The molecule has 0 saturated carbocycles. The van der Waals surface area contributed by atoms with Crippen molar-refractivity contribution in [3.8, 4) is 0 Å². The maximum absolute atomic E-state index is 12.9. The molecule has 0 N–H and O–H groups in total. The molecule has 1 aromatic rings. The zero-order chi connectivity index (χ0) is 17.6. The molecule has 0 bridgehead atoms. The molecule has 1 aromatic carbocycles. The van der Waals surface area contributed by atoms with Gasteiger partial charge in [-0.2, -0.15) is 4.58 Å². The molecule has 1 amide bonds. The van der Waals surface area contributed by atoms with Crippen molar-refractivity contribution in [2.45, 2.75) is 11.8 Å². The first-order valence-electron chi connectivity index (χ1n) is 7.60. The van der Waals surface area contributed by atoms with Crippen LogP contribution in [-0.4, -0.2) is 29.1 Å². The first-order chi connectivity index (χ1) is 12.1. The minimum absolute atomic E-state index is 0.0311. The van der Waals surface area contributed by atoms with Gasteiger partial charge in [0.25, 0.3) is 5.04 Å². The van der Waals surface area contributed by atoms with Gasteiger partial charge in [0.1, 0.15) is 5.03 Å². The molecule has 3 heterocycles. The number of amides is 1. The SMILES string of the molecule is CC[N+]1=C(/C=C2/OC=CS2)S/C(=C2/Sc3cc(Cl)ccc3N2C)C1=O. The quantitative estimate of drug-likeness (QED) is 0.513. The zero-order valence-electron chi connectivity index (χ0n) is 13.5. The molecule has 4 rings (SSSR count). The number of benzene rings is 1. The van der Waals surface area contributed by atoms with Crippen molar-refractivity contribution in [1.29, 1.82) is 0 Å². The normalized spacial score (nSPS) is 23.9. The summed E-state index contributed by atoms with van der Waals surface area (Å²) in [4.78, 5) is 16.8. The first-order valence-corrected chi connectivity index (χ1v) is 10.5. The van der Waals surface area contributed by atoms with Crippen molar-refractivity contribution in [3.63, 3.8) is 0 Å². The number of likely N-dealkylation sites (N-methyl/N-ethyl adjacent to an activating group) is 1. The maximum atomic E-state index is 12.9. The van der Waals surface area contributed by atoms with Crippen LogP contribution in [0.2, 0.25) is 5.02 Å². The predicted octanol–water partition coefficient (Wildman–Crippen LogP) is 4.83. The van der Waals surface area contributed by atoms with Gasteiger partial charge in [0.05, 0.1) is 18.0 Å². The first kappa shape index (κ1) is 17.1. The number of halogens is 1. The Balaban J connectivity index is 1.70. The van der Waals surface area contributed by atoms with Crippen molar-refractivity contribution in [2.75, 3.05) is 18.5 Å². The molecule has 4 nitrogen and oxygen atoms in total. The number of nitrogens with zero attached hydrogens (tertiary/aromatic N) is 2. The average Bonchev–Trinajstić information content (AvgIpc) is 3.27. The molecule has 0 aromatic heterocycles. The number of carbonyl (C=O) groups excluding carboxylic acids is 1. The van der Waals surface area contributed by atoms with Crippen LogP contribution in [0.4, 0.5) is 5.69 Å². The molecular weight excluding hydrogens is 396 g/mol. The molecule has 0 atom stereocenters. The lowest BCUT2D eigenvalue weighted by Crippen LogP contribution is -2.21. The summed E-state index contributed by atoms with van der Waals surface area (Å²) >= 11 is 10.7. The van der Waals surface area contributed by atoms with Crippen LogP contribution in [0.3, 0.4) is 0 Å². The summed E-state index contributed by atoms with van der Waals surface area (Å²) in [5.74, 6) is 0.0311. The van der Waals surface area contributed by atoms with E-state index in [1.54, 1.807) is 22.6 Å². The Bertz CT molecular complexity index is 895. The minimum atomic E-state index is 0.0311. The molecule has 0 aliphatic carbocycles. The van der Waals surface area contributed by atoms with Crippen LogP contribution in [0.5, 0.6) is 0 Å². The maximum Gasteiger partial charge on any atom is 0.430 e. The van der Waals surface area contributed by atoms with Crippen molar-refractivity contribution < 1.29 is 14.1 Å². The van der Waals surface area contributed by atoms with Gasteiger partial charge in [-0.1, -0.05) is 35.1 Å². The van der Waals surface area contributed by atoms with Gasteiger partial charge in [0, 0.05) is 22.4 Å². The van der Waals surface area contributed by atoms with E-state index in [9.17, 15) is 4.79 Å². The molecule has 3 aliphatic heterocycles. The highest BCUT2D eigenvalue weighted by molar-refractivity contribution is 8.19. The van der Waals surface area contributed by atoms with Crippen molar-refractivity contribution in [2.24, 2.45) is 0 Å². The van der Waals surface area contributed by atoms with Crippen molar-refractivity contribution >= 4 is 63.5 Å². The highest BCUT2D eigenvalue weighted by Gasteiger charge is 2.41. The number of thioether (sulfide) groups is 3. The fourth-order valence-electron chi connectivity index (χ4n) is 2.68. The van der Waals surface area contributed by atoms with Gasteiger partial charge in [-0.25, -0.2) is 4.79 Å². The third-order valence-corrected chi connectivity index (χ3v) is 7.28. The standard InChI is InChI=1S/C17H14ClN2O2S3/c1-3-20-13(9-14-22-6-7-23-14)25-15(16(20)21)17-19(2)11-5-4-10(18)8-12(11)24-17/h4-9H,3H2,1-2H3/q+1/b14-9-,17-15+. The van der Waals surface area contributed by atoms with E-state index < -0.39 is 0 Å². The Morgan fingerprint density at radius 1 is 1.36 bits per heavy atom. The molecule has 0 fully saturated rings. The summed E-state index contributed by atoms with van der Waals surface area (Å²) in [6.45, 7) is 2.60. The topological polar surface area (TPSA) is 32.5 Å². The van der Waals surface area contributed by atoms with E-state index in [2.05, 4.69) is 4.90 Å². The van der Waals surface area contributed by atoms with Crippen LogP contribution in [0, 0.1) is 0 Å². The minimum Gasteiger partial charge on any atom is -0.457 e. The zero-order valence-corrected chi connectivity index (χ0v) is 16.7. The van der Waals surface area contributed by atoms with Gasteiger partial charge < -0.3 is 9.64 Å². The molecule has 8 heteroatoms. The molecular formula is C17H14ClN2O2S3+. The number of fused-ring (bicyclic) bond motifs is 1. The van der Waals surface area contributed by atoms with Gasteiger partial charge in [0.15, 0.2) is 16.5 Å². The van der Waals surface area contributed by atoms with Crippen molar-refractivity contribution in [1.82, 2.24) is 0 Å². The number of rotatable bonds is 2. The lowest BCUT2D eigenvalue weighted by molar-refractivity contribution is -0.435. The molecule has 0 radical (unpaired) electrons. The summed E-state index contributed by atoms with van der Waals surface area (Å²) in [5, 5.41) is 5.19. The number of carbonyl (C=O) groups is 1. The van der Waals surface area contributed by atoms with Crippen LogP contribution in [0.15, 0.2) is 55.9 Å². The highest BCUT2D eigenvalue weighted by Crippen LogP contribution is 2.50. The summed E-state index contributed by atoms with van der Waals surface area (Å²) < 4.78 is 7.20. The largest absolute Gasteiger partial charge is 0.457 e. The van der Waals surface area contributed by atoms with E-state index in [1.807, 2.05) is 43.7 Å². The van der Waals surface area contributed by atoms with Crippen LogP contribution < -0.4 is 4.90 Å². The molecule has 25 heavy (non-hydrogen) atoms. The molecule has 0 spiro atoms. The van der Waals surface area contributed by atoms with E-state index in [-0.39, 0.29) is 5.91 Å². The van der Waals surface area contributed by atoms with E-state index in [0.717, 1.165) is 30.7 Å². The predicted molar refractivity (Wildman–Crippen MR) is 107 cm³/mol. The van der Waals surface area contributed by atoms with Crippen LogP contribution in [-0.2, 0) is 9.53 Å². The number of anilines is 1. The Morgan fingerprint density at radius 3 is 2.92 bits per heavy atom. The number of hydrogen-bond donors (Lipinski definition) is 0. The lowest BCUT2D eigenvalue weighted by Gasteiger charge is -2.13. The Labute approximate surface area is 163 Å². The molecule has 0 unspecified atom stereocenters. The highest BCUT2D eigenvalue weighted by atomic mass is 35.5. The summed E-state index contributed by atoms with van der Waals surface area (Å²) in [7, 11) is 1.98. The monoisotopic (exact) mass is 409 g/mol. The summed E-state index contributed by atoms with van der Waals surface area (Å²) in [5.41, 5.74) is 1.07. The second-order valence-electron chi connectivity index (χ2n) is 5.37. The van der Waals surface area contributed by atoms with Crippen LogP contribution in [0.1, 0.15) is 6.92 Å². The third-order valence-electron chi connectivity index (χ3n) is 3.88.